The smallest absolute Gasteiger partial charge is 0.253 e. The van der Waals surface area contributed by atoms with Gasteiger partial charge in [0.2, 0.25) is 0 Å². The molecule has 5 nitrogen and oxygen atoms in total. The van der Waals surface area contributed by atoms with E-state index in [0.717, 1.165) is 5.56 Å². The van der Waals surface area contributed by atoms with Gasteiger partial charge in [-0.3, -0.25) is 9.36 Å². The van der Waals surface area contributed by atoms with Crippen LogP contribution in [0.3, 0.4) is 0 Å². The lowest BCUT2D eigenvalue weighted by Crippen LogP contribution is -2.20. The molecule has 0 bridgehead atoms. The Labute approximate surface area is 86.2 Å². The fraction of sp³-hybridized carbons (Fsp3) is 0.100. The molecule has 0 atom stereocenters. The highest BCUT2D eigenvalue weighted by molar-refractivity contribution is 5.38. The van der Waals surface area contributed by atoms with Crippen molar-refractivity contribution in [3.05, 3.63) is 52.8 Å². The minimum Gasteiger partial charge on any atom is -0.383 e. The second-order valence-electron chi connectivity index (χ2n) is 3.09. The van der Waals surface area contributed by atoms with Crippen molar-refractivity contribution < 1.29 is 0 Å². The van der Waals surface area contributed by atoms with E-state index >= 15 is 0 Å². The molecule has 2 aromatic heterocycles. The van der Waals surface area contributed by atoms with E-state index in [4.69, 9.17) is 5.73 Å². The Morgan fingerprint density at radius 1 is 1.33 bits per heavy atom. The number of hydrogen-bond acceptors (Lipinski definition) is 4. The molecule has 0 fully saturated rings. The molecule has 0 amide bonds. The van der Waals surface area contributed by atoms with Gasteiger partial charge >= 0.3 is 0 Å². The third-order valence-corrected chi connectivity index (χ3v) is 2.06. The summed E-state index contributed by atoms with van der Waals surface area (Å²) in [6, 6.07) is 5.03. The highest BCUT2D eigenvalue weighted by Crippen LogP contribution is 2.07. The number of nitrogen functional groups attached to an aromatic ring is 1. The molecule has 2 rings (SSSR count). The number of pyridine rings is 1. The summed E-state index contributed by atoms with van der Waals surface area (Å²) in [5.41, 5.74) is 6.38. The molecule has 15 heavy (non-hydrogen) atoms. The number of aromatic nitrogens is 3. The van der Waals surface area contributed by atoms with Crippen LogP contribution < -0.4 is 11.3 Å². The van der Waals surface area contributed by atoms with Gasteiger partial charge in [0.15, 0.2) is 0 Å². The van der Waals surface area contributed by atoms with Gasteiger partial charge in [0.1, 0.15) is 5.82 Å². The number of rotatable bonds is 2. The molecule has 2 aromatic rings. The summed E-state index contributed by atoms with van der Waals surface area (Å²) in [6.07, 6.45) is 4.56. The minimum absolute atomic E-state index is 0.103. The second kappa shape index (κ2) is 3.91. The Balaban J connectivity index is 2.34. The monoisotopic (exact) mass is 202 g/mol. The van der Waals surface area contributed by atoms with Gasteiger partial charge in [-0.05, 0) is 6.07 Å². The SMILES string of the molecule is Nc1ncccc1Cn1cnccc1=O. The molecule has 0 aliphatic carbocycles. The van der Waals surface area contributed by atoms with Crippen molar-refractivity contribution in [2.24, 2.45) is 0 Å². The molecule has 2 heterocycles. The zero-order chi connectivity index (χ0) is 10.7. The van der Waals surface area contributed by atoms with Crippen LogP contribution in [-0.4, -0.2) is 14.5 Å². The van der Waals surface area contributed by atoms with E-state index in [1.54, 1.807) is 12.3 Å². The third-order valence-electron chi connectivity index (χ3n) is 2.06. The van der Waals surface area contributed by atoms with E-state index in [1.807, 2.05) is 6.07 Å². The van der Waals surface area contributed by atoms with Crippen LogP contribution >= 0.6 is 0 Å². The van der Waals surface area contributed by atoms with Crippen molar-refractivity contribution in [1.29, 1.82) is 0 Å². The number of nitrogens with zero attached hydrogens (tertiary/aromatic N) is 3. The van der Waals surface area contributed by atoms with E-state index in [0.29, 0.717) is 12.4 Å². The van der Waals surface area contributed by atoms with Crippen LogP contribution in [0.2, 0.25) is 0 Å². The summed E-state index contributed by atoms with van der Waals surface area (Å²) in [5.74, 6) is 0.438. The quantitative estimate of drug-likeness (QED) is 0.758. The molecule has 0 aliphatic rings. The standard InChI is InChI=1S/C10H10N4O/c11-10-8(2-1-4-13-10)6-14-7-12-5-3-9(14)15/h1-5,7H,6H2,(H2,11,13). The molecule has 0 aliphatic heterocycles. The first kappa shape index (κ1) is 9.39. The maximum atomic E-state index is 11.4. The molecule has 5 heteroatoms. The van der Waals surface area contributed by atoms with Crippen molar-refractivity contribution >= 4 is 5.82 Å². The maximum Gasteiger partial charge on any atom is 0.253 e. The summed E-state index contributed by atoms with van der Waals surface area (Å²) in [4.78, 5) is 19.2. The first-order valence-electron chi connectivity index (χ1n) is 4.47. The van der Waals surface area contributed by atoms with Crippen LogP contribution in [0, 0.1) is 0 Å². The summed E-state index contributed by atoms with van der Waals surface area (Å²) >= 11 is 0. The van der Waals surface area contributed by atoms with Crippen LogP contribution in [0.1, 0.15) is 5.56 Å². The molecular formula is C10H10N4O. The first-order valence-corrected chi connectivity index (χ1v) is 4.47. The first-order chi connectivity index (χ1) is 7.27. The van der Waals surface area contributed by atoms with E-state index in [9.17, 15) is 4.79 Å². The summed E-state index contributed by atoms with van der Waals surface area (Å²) in [7, 11) is 0. The van der Waals surface area contributed by atoms with Crippen molar-refractivity contribution in [3.63, 3.8) is 0 Å². The minimum atomic E-state index is -0.103. The summed E-state index contributed by atoms with van der Waals surface area (Å²) in [6.45, 7) is 0.395. The molecule has 2 N–H and O–H groups in total. The van der Waals surface area contributed by atoms with Gasteiger partial charge < -0.3 is 5.73 Å². The van der Waals surface area contributed by atoms with Gasteiger partial charge in [-0.25, -0.2) is 9.97 Å². The van der Waals surface area contributed by atoms with Crippen LogP contribution in [0.25, 0.3) is 0 Å². The van der Waals surface area contributed by atoms with Gasteiger partial charge in [-0.1, -0.05) is 6.07 Å². The second-order valence-corrected chi connectivity index (χ2v) is 3.09. The van der Waals surface area contributed by atoms with Crippen molar-refractivity contribution in [2.75, 3.05) is 5.73 Å². The largest absolute Gasteiger partial charge is 0.383 e. The van der Waals surface area contributed by atoms with Crippen LogP contribution in [0.4, 0.5) is 5.82 Å². The van der Waals surface area contributed by atoms with E-state index in [2.05, 4.69) is 9.97 Å². The predicted molar refractivity (Wildman–Crippen MR) is 56.2 cm³/mol. The summed E-state index contributed by atoms with van der Waals surface area (Å²) < 4.78 is 1.48. The van der Waals surface area contributed by atoms with Gasteiger partial charge in [0, 0.05) is 24.0 Å². The number of anilines is 1. The van der Waals surface area contributed by atoms with E-state index in [-0.39, 0.29) is 5.56 Å². The fourth-order valence-electron chi connectivity index (χ4n) is 1.27. The molecule has 0 saturated heterocycles. The molecule has 0 unspecified atom stereocenters. The van der Waals surface area contributed by atoms with Crippen molar-refractivity contribution in [3.8, 4) is 0 Å². The van der Waals surface area contributed by atoms with Gasteiger partial charge in [0.25, 0.3) is 5.56 Å². The third kappa shape index (κ3) is 2.01. The molecule has 0 aromatic carbocycles. The molecule has 76 valence electrons. The van der Waals surface area contributed by atoms with Crippen LogP contribution in [-0.2, 0) is 6.54 Å². The maximum absolute atomic E-state index is 11.4. The topological polar surface area (TPSA) is 73.8 Å². The van der Waals surface area contributed by atoms with Crippen molar-refractivity contribution in [2.45, 2.75) is 6.54 Å². The van der Waals surface area contributed by atoms with E-state index < -0.39 is 0 Å². The molecular weight excluding hydrogens is 192 g/mol. The Kier molecular flexibility index (Phi) is 2.45. The summed E-state index contributed by atoms with van der Waals surface area (Å²) in [5, 5.41) is 0. The lowest BCUT2D eigenvalue weighted by molar-refractivity contribution is 0.735. The van der Waals surface area contributed by atoms with Crippen LogP contribution in [0.5, 0.6) is 0 Å². The number of hydrogen-bond donors (Lipinski definition) is 1. The molecule has 0 saturated carbocycles. The predicted octanol–water partition coefficient (Wildman–Crippen LogP) is 0.269. The Morgan fingerprint density at radius 2 is 2.20 bits per heavy atom. The highest BCUT2D eigenvalue weighted by Gasteiger charge is 2.01. The Hall–Kier alpha value is -2.17. The molecule has 0 radical (unpaired) electrons. The number of nitrogens with two attached hydrogens (primary N) is 1. The average molecular weight is 202 g/mol. The van der Waals surface area contributed by atoms with Crippen LogP contribution in [0.15, 0.2) is 41.7 Å². The Bertz CT molecular complexity index is 521. The Morgan fingerprint density at radius 3 is 2.93 bits per heavy atom. The lowest BCUT2D eigenvalue weighted by atomic mass is 10.2. The zero-order valence-corrected chi connectivity index (χ0v) is 8.00. The van der Waals surface area contributed by atoms with E-state index in [1.165, 1.54) is 23.2 Å². The van der Waals surface area contributed by atoms with Gasteiger partial charge in [-0.15, -0.1) is 0 Å². The zero-order valence-electron chi connectivity index (χ0n) is 8.00. The lowest BCUT2D eigenvalue weighted by Gasteiger charge is -2.05. The van der Waals surface area contributed by atoms with Gasteiger partial charge in [-0.2, -0.15) is 0 Å². The van der Waals surface area contributed by atoms with Gasteiger partial charge in [0.05, 0.1) is 12.9 Å². The normalized spacial score (nSPS) is 10.1. The van der Waals surface area contributed by atoms with Crippen molar-refractivity contribution in [1.82, 2.24) is 14.5 Å². The highest BCUT2D eigenvalue weighted by atomic mass is 16.1. The average Bonchev–Trinajstić information content (AvgIpc) is 2.24. The molecule has 0 spiro atoms. The fourth-order valence-corrected chi connectivity index (χ4v) is 1.27.